The quantitative estimate of drug-likeness (QED) is 0.459. The number of rotatable bonds is 3. The normalized spacial score (nSPS) is 37.6. The molecule has 0 spiro atoms. The van der Waals surface area contributed by atoms with Crippen molar-refractivity contribution in [2.24, 2.45) is 23.2 Å². The van der Waals surface area contributed by atoms with Crippen LogP contribution in [-0.4, -0.2) is 29.4 Å². The van der Waals surface area contributed by atoms with Gasteiger partial charge in [-0.3, -0.25) is 9.59 Å². The average molecular weight is 386 g/mol. The number of esters is 1. The van der Waals surface area contributed by atoms with Crippen molar-refractivity contribution in [1.82, 2.24) is 5.32 Å². The van der Waals surface area contributed by atoms with Crippen molar-refractivity contribution in [3.63, 3.8) is 0 Å². The molecule has 1 amide bonds. The van der Waals surface area contributed by atoms with E-state index in [1.54, 1.807) is 0 Å². The third-order valence-electron chi connectivity index (χ3n) is 5.73. The number of carbonyl (C=O) groups is 2. The Bertz CT molecular complexity index is 469. The Labute approximate surface area is 147 Å². The summed E-state index contributed by atoms with van der Waals surface area (Å²) < 4.78 is 4.53. The molecule has 2 unspecified atom stereocenters. The summed E-state index contributed by atoms with van der Waals surface area (Å²) in [5, 5.41) is 3.24. The summed E-state index contributed by atoms with van der Waals surface area (Å²) in [6.45, 7) is 9.74. The van der Waals surface area contributed by atoms with Gasteiger partial charge in [0.25, 0.3) is 0 Å². The predicted molar refractivity (Wildman–Crippen MR) is 94.2 cm³/mol. The van der Waals surface area contributed by atoms with Gasteiger partial charge in [0.2, 0.25) is 5.91 Å². The third-order valence-corrected chi connectivity index (χ3v) is 6.09. The van der Waals surface area contributed by atoms with E-state index < -0.39 is 4.32 Å². The maximum atomic E-state index is 12.3. The third kappa shape index (κ3) is 3.35. The molecule has 23 heavy (non-hydrogen) atoms. The smallest absolute Gasteiger partial charge is 0.311 e. The van der Waals surface area contributed by atoms with Crippen molar-refractivity contribution in [2.45, 2.75) is 56.3 Å². The van der Waals surface area contributed by atoms with Crippen LogP contribution < -0.4 is 5.32 Å². The minimum Gasteiger partial charge on any atom is -0.469 e. The van der Waals surface area contributed by atoms with E-state index >= 15 is 0 Å². The summed E-state index contributed by atoms with van der Waals surface area (Å²) in [4.78, 5) is 24.5. The van der Waals surface area contributed by atoms with Crippen LogP contribution in [0.2, 0.25) is 0 Å². The fraction of sp³-hybridized carbons (Fsp3) is 0.778. The second kappa shape index (κ2) is 6.58. The Hall–Kier alpha value is -0.840. The monoisotopic (exact) mass is 385 g/mol. The molecule has 4 fully saturated rings. The first kappa shape index (κ1) is 18.5. The second-order valence-electron chi connectivity index (χ2n) is 7.71. The number of methoxy groups -OCH3 is 1. The molecule has 0 aromatic rings. The van der Waals surface area contributed by atoms with Gasteiger partial charge in [0, 0.05) is 6.04 Å². The van der Waals surface area contributed by atoms with Crippen LogP contribution >= 0.6 is 15.9 Å². The number of alkyl halides is 1. The van der Waals surface area contributed by atoms with Crippen molar-refractivity contribution in [2.75, 3.05) is 7.11 Å². The number of hydrogen-bond donors (Lipinski definition) is 1. The second-order valence-corrected chi connectivity index (χ2v) is 9.70. The molecular weight excluding hydrogens is 358 g/mol. The van der Waals surface area contributed by atoms with E-state index in [2.05, 4.69) is 34.4 Å². The molecule has 4 bridgehead atoms. The van der Waals surface area contributed by atoms with Gasteiger partial charge in [-0.25, -0.2) is 0 Å². The Balaban J connectivity index is 0.000000924. The zero-order valence-electron chi connectivity index (χ0n) is 14.4. The zero-order chi connectivity index (χ0) is 17.4. The predicted octanol–water partition coefficient (Wildman–Crippen LogP) is 3.45. The Kier molecular flexibility index (Phi) is 5.29. The lowest BCUT2D eigenvalue weighted by Gasteiger charge is -2.58. The highest BCUT2D eigenvalue weighted by Crippen LogP contribution is 2.60. The van der Waals surface area contributed by atoms with Crippen LogP contribution in [0.3, 0.4) is 0 Å². The van der Waals surface area contributed by atoms with Gasteiger partial charge in [0.1, 0.15) is 0 Å². The van der Waals surface area contributed by atoms with Crippen molar-refractivity contribution in [1.29, 1.82) is 0 Å². The van der Waals surface area contributed by atoms with Crippen molar-refractivity contribution in [3.8, 4) is 0 Å². The number of carbonyl (C=O) groups excluding carboxylic acids is 2. The van der Waals surface area contributed by atoms with E-state index in [1.165, 1.54) is 7.11 Å². The summed E-state index contributed by atoms with van der Waals surface area (Å²) in [6, 6.07) is 0.226. The molecule has 4 nitrogen and oxygen atoms in total. The molecule has 0 aromatic heterocycles. The molecule has 4 aliphatic rings. The molecular formula is C18H28BrNO3. The molecule has 0 aromatic carbocycles. The number of amides is 1. The average Bonchev–Trinajstić information content (AvgIpc) is 2.50. The molecule has 5 heteroatoms. The lowest BCUT2D eigenvalue weighted by molar-refractivity contribution is -0.171. The Morgan fingerprint density at radius 3 is 2.13 bits per heavy atom. The fourth-order valence-electron chi connectivity index (χ4n) is 5.05. The van der Waals surface area contributed by atoms with Crippen LogP contribution in [0, 0.1) is 23.2 Å². The molecule has 4 rings (SSSR count). The lowest BCUT2D eigenvalue weighted by atomic mass is 9.48. The molecule has 4 aliphatic carbocycles. The van der Waals surface area contributed by atoms with Crippen molar-refractivity contribution >= 4 is 27.8 Å². The standard InChI is InChI=1S/C16H24BrNO3.C2H4/c1-15(2,17)13(19)18-12-10-4-9-5-11(12)8-16(6-9,7-10)14(20)21-3;1-2/h9-12H,4-8H2,1-3H3,(H,18,19);1-2H2. The fourth-order valence-corrected chi connectivity index (χ4v) is 5.16. The summed E-state index contributed by atoms with van der Waals surface area (Å²) in [6.07, 6.45) is 5.02. The van der Waals surface area contributed by atoms with Crippen LogP contribution in [-0.2, 0) is 14.3 Å². The van der Waals surface area contributed by atoms with Gasteiger partial charge >= 0.3 is 5.97 Å². The highest BCUT2D eigenvalue weighted by molar-refractivity contribution is 9.10. The first-order valence-corrected chi connectivity index (χ1v) is 9.13. The topological polar surface area (TPSA) is 55.4 Å². The first-order chi connectivity index (χ1) is 10.7. The molecule has 0 aliphatic heterocycles. The summed E-state index contributed by atoms with van der Waals surface area (Å²) in [5.74, 6) is 1.50. The van der Waals surface area contributed by atoms with E-state index in [4.69, 9.17) is 4.74 Å². The van der Waals surface area contributed by atoms with Crippen LogP contribution in [0.5, 0.6) is 0 Å². The van der Waals surface area contributed by atoms with Crippen molar-refractivity contribution < 1.29 is 14.3 Å². The van der Waals surface area contributed by atoms with Crippen molar-refractivity contribution in [3.05, 3.63) is 13.2 Å². The molecule has 4 saturated carbocycles. The van der Waals surface area contributed by atoms with Gasteiger partial charge in [-0.2, -0.15) is 0 Å². The molecule has 130 valence electrons. The van der Waals surface area contributed by atoms with Gasteiger partial charge in [0.15, 0.2) is 0 Å². The van der Waals surface area contributed by atoms with Gasteiger partial charge in [0.05, 0.1) is 16.8 Å². The first-order valence-electron chi connectivity index (χ1n) is 8.33. The Morgan fingerprint density at radius 1 is 1.17 bits per heavy atom. The SMILES string of the molecule is C=C.COC(=O)C12CC3CC(C1)C(NC(=O)C(C)(C)Br)C(C3)C2. The number of hydrogen-bond acceptors (Lipinski definition) is 3. The molecule has 1 N–H and O–H groups in total. The van der Waals surface area contributed by atoms with Gasteiger partial charge in [-0.1, -0.05) is 15.9 Å². The molecule has 0 radical (unpaired) electrons. The summed E-state index contributed by atoms with van der Waals surface area (Å²) in [5.41, 5.74) is -0.267. The number of halogens is 1. The van der Waals surface area contributed by atoms with Gasteiger partial charge < -0.3 is 10.1 Å². The number of ether oxygens (including phenoxy) is 1. The molecule has 2 atom stereocenters. The van der Waals surface area contributed by atoms with Crippen LogP contribution in [0.25, 0.3) is 0 Å². The summed E-state index contributed by atoms with van der Waals surface area (Å²) in [7, 11) is 1.49. The van der Waals surface area contributed by atoms with Crippen LogP contribution in [0.4, 0.5) is 0 Å². The van der Waals surface area contributed by atoms with E-state index in [0.29, 0.717) is 17.8 Å². The zero-order valence-corrected chi connectivity index (χ0v) is 15.9. The largest absolute Gasteiger partial charge is 0.469 e. The highest BCUT2D eigenvalue weighted by Gasteiger charge is 2.59. The highest BCUT2D eigenvalue weighted by atomic mass is 79.9. The Morgan fingerprint density at radius 2 is 1.70 bits per heavy atom. The lowest BCUT2D eigenvalue weighted by Crippen LogP contribution is -2.62. The summed E-state index contributed by atoms with van der Waals surface area (Å²) >= 11 is 3.43. The van der Waals surface area contributed by atoms with E-state index in [-0.39, 0.29) is 23.3 Å². The molecule has 0 heterocycles. The van der Waals surface area contributed by atoms with E-state index in [1.807, 2.05) is 13.8 Å². The molecule has 0 saturated heterocycles. The number of nitrogens with one attached hydrogen (secondary N) is 1. The van der Waals surface area contributed by atoms with Gasteiger partial charge in [-0.05, 0) is 63.7 Å². The maximum Gasteiger partial charge on any atom is 0.311 e. The minimum absolute atomic E-state index is 0.0347. The van der Waals surface area contributed by atoms with Crippen LogP contribution in [0.1, 0.15) is 46.0 Å². The van der Waals surface area contributed by atoms with Crippen LogP contribution in [0.15, 0.2) is 13.2 Å². The van der Waals surface area contributed by atoms with E-state index in [0.717, 1.165) is 32.1 Å². The van der Waals surface area contributed by atoms with E-state index in [9.17, 15) is 9.59 Å². The van der Waals surface area contributed by atoms with Gasteiger partial charge in [-0.15, -0.1) is 13.2 Å². The minimum atomic E-state index is -0.540. The maximum absolute atomic E-state index is 12.3.